The van der Waals surface area contributed by atoms with Crippen molar-refractivity contribution in [1.29, 1.82) is 0 Å². The van der Waals surface area contributed by atoms with Gasteiger partial charge >= 0.3 is 0 Å². The first-order valence-corrected chi connectivity index (χ1v) is 8.74. The second-order valence-corrected chi connectivity index (χ2v) is 7.09. The Bertz CT molecular complexity index is 481. The summed E-state index contributed by atoms with van der Waals surface area (Å²) >= 11 is 0. The number of benzene rings is 1. The maximum Gasteiger partial charge on any atom is 0.223 e. The first-order valence-electron chi connectivity index (χ1n) is 8.74. The molecule has 4 heteroatoms. The molecular formula is C19H30N2O2. The third kappa shape index (κ3) is 5.96. The van der Waals surface area contributed by atoms with E-state index in [0.717, 1.165) is 12.1 Å². The van der Waals surface area contributed by atoms with Gasteiger partial charge in [0.05, 0.1) is 12.0 Å². The standard InChI is InChI=1S/C19H30N2O2/c1-16(15-21-11-7-4-8-12-21)14-20-18(22)13-19(2,23)17-9-5-3-6-10-17/h3,5-6,9-10,16,23H,4,7-8,11-15H2,1-2H3,(H,20,22). The minimum Gasteiger partial charge on any atom is -0.385 e. The molecule has 1 aliphatic rings. The number of nitrogens with zero attached hydrogens (tertiary/aromatic N) is 1. The fraction of sp³-hybridized carbons (Fsp3) is 0.632. The summed E-state index contributed by atoms with van der Waals surface area (Å²) in [5.41, 5.74) is -0.349. The first kappa shape index (κ1) is 18.0. The Morgan fingerprint density at radius 2 is 1.91 bits per heavy atom. The van der Waals surface area contributed by atoms with Gasteiger partial charge in [0, 0.05) is 13.1 Å². The zero-order valence-electron chi connectivity index (χ0n) is 14.4. The average molecular weight is 318 g/mol. The van der Waals surface area contributed by atoms with Crippen LogP contribution in [0, 0.1) is 5.92 Å². The number of hydrogen-bond donors (Lipinski definition) is 2. The number of likely N-dealkylation sites (tertiary alicyclic amines) is 1. The van der Waals surface area contributed by atoms with E-state index in [1.54, 1.807) is 6.92 Å². The van der Waals surface area contributed by atoms with Crippen LogP contribution in [0.5, 0.6) is 0 Å². The molecule has 1 aromatic carbocycles. The summed E-state index contributed by atoms with van der Waals surface area (Å²) in [6.45, 7) is 7.93. The SMILES string of the molecule is CC(CNC(=O)CC(C)(O)c1ccccc1)CN1CCCCC1. The Morgan fingerprint density at radius 1 is 1.26 bits per heavy atom. The fourth-order valence-electron chi connectivity index (χ4n) is 3.21. The quantitative estimate of drug-likeness (QED) is 0.812. The van der Waals surface area contributed by atoms with Gasteiger partial charge < -0.3 is 15.3 Å². The molecule has 1 aliphatic heterocycles. The maximum atomic E-state index is 12.1. The third-order valence-corrected chi connectivity index (χ3v) is 4.57. The summed E-state index contributed by atoms with van der Waals surface area (Å²) in [6, 6.07) is 9.37. The van der Waals surface area contributed by atoms with Gasteiger partial charge in [0.2, 0.25) is 5.91 Å². The molecule has 1 aromatic rings. The largest absolute Gasteiger partial charge is 0.385 e. The average Bonchev–Trinajstić information content (AvgIpc) is 2.54. The molecule has 23 heavy (non-hydrogen) atoms. The van der Waals surface area contributed by atoms with Crippen molar-refractivity contribution in [2.45, 2.75) is 45.1 Å². The van der Waals surface area contributed by atoms with Gasteiger partial charge in [0.25, 0.3) is 0 Å². The van der Waals surface area contributed by atoms with Crippen molar-refractivity contribution in [3.8, 4) is 0 Å². The smallest absolute Gasteiger partial charge is 0.223 e. The van der Waals surface area contributed by atoms with Gasteiger partial charge in [-0.3, -0.25) is 4.79 Å². The molecule has 1 fully saturated rings. The predicted octanol–water partition coefficient (Wildman–Crippen LogP) is 2.52. The van der Waals surface area contributed by atoms with Crippen molar-refractivity contribution in [1.82, 2.24) is 10.2 Å². The third-order valence-electron chi connectivity index (χ3n) is 4.57. The number of carbonyl (C=O) groups excluding carboxylic acids is 1. The van der Waals surface area contributed by atoms with Gasteiger partial charge in [-0.2, -0.15) is 0 Å². The molecule has 2 unspecified atom stereocenters. The molecule has 1 amide bonds. The van der Waals surface area contributed by atoms with Crippen LogP contribution in [0.4, 0.5) is 0 Å². The van der Waals surface area contributed by atoms with Crippen LogP contribution >= 0.6 is 0 Å². The van der Waals surface area contributed by atoms with Crippen LogP contribution in [-0.4, -0.2) is 42.1 Å². The first-order chi connectivity index (χ1) is 11.0. The molecule has 0 aliphatic carbocycles. The lowest BCUT2D eigenvalue weighted by Gasteiger charge is -2.29. The van der Waals surface area contributed by atoms with Crippen LogP contribution in [-0.2, 0) is 10.4 Å². The second-order valence-electron chi connectivity index (χ2n) is 7.09. The van der Waals surface area contributed by atoms with E-state index in [2.05, 4.69) is 17.1 Å². The molecule has 1 saturated heterocycles. The van der Waals surface area contributed by atoms with E-state index in [1.165, 1.54) is 32.4 Å². The highest BCUT2D eigenvalue weighted by Gasteiger charge is 2.26. The maximum absolute atomic E-state index is 12.1. The van der Waals surface area contributed by atoms with E-state index in [9.17, 15) is 9.90 Å². The van der Waals surface area contributed by atoms with Gasteiger partial charge in [-0.1, -0.05) is 43.7 Å². The van der Waals surface area contributed by atoms with Crippen molar-refractivity contribution in [2.24, 2.45) is 5.92 Å². The summed E-state index contributed by atoms with van der Waals surface area (Å²) in [4.78, 5) is 14.6. The topological polar surface area (TPSA) is 52.6 Å². The van der Waals surface area contributed by atoms with Gasteiger partial charge in [0.15, 0.2) is 0 Å². The summed E-state index contributed by atoms with van der Waals surface area (Å²) in [6.07, 6.45) is 4.02. The van der Waals surface area contributed by atoms with E-state index < -0.39 is 5.60 Å². The highest BCUT2D eigenvalue weighted by molar-refractivity contribution is 5.77. The Labute approximate surface area is 139 Å². The lowest BCUT2D eigenvalue weighted by atomic mass is 9.92. The highest BCUT2D eigenvalue weighted by atomic mass is 16.3. The summed E-state index contributed by atoms with van der Waals surface area (Å²) < 4.78 is 0. The zero-order valence-corrected chi connectivity index (χ0v) is 14.4. The predicted molar refractivity (Wildman–Crippen MR) is 93.1 cm³/mol. The molecule has 0 spiro atoms. The summed E-state index contributed by atoms with van der Waals surface area (Å²) in [7, 11) is 0. The molecule has 2 N–H and O–H groups in total. The number of nitrogens with one attached hydrogen (secondary N) is 1. The Morgan fingerprint density at radius 3 is 2.57 bits per heavy atom. The molecular weight excluding hydrogens is 288 g/mol. The van der Waals surface area contributed by atoms with E-state index in [0.29, 0.717) is 12.5 Å². The van der Waals surface area contributed by atoms with Crippen LogP contribution in [0.2, 0.25) is 0 Å². The Hall–Kier alpha value is -1.39. The molecule has 128 valence electrons. The summed E-state index contributed by atoms with van der Waals surface area (Å²) in [5.74, 6) is 0.336. The van der Waals surface area contributed by atoms with Gasteiger partial charge in [-0.05, 0) is 44.3 Å². The van der Waals surface area contributed by atoms with Gasteiger partial charge in [-0.25, -0.2) is 0 Å². The Kier molecular flexibility index (Phi) is 6.60. The van der Waals surface area contributed by atoms with Crippen LogP contribution in [0.25, 0.3) is 0 Å². The molecule has 0 radical (unpaired) electrons. The van der Waals surface area contributed by atoms with Crippen LogP contribution in [0.3, 0.4) is 0 Å². The van der Waals surface area contributed by atoms with Crippen LogP contribution < -0.4 is 5.32 Å². The minimum absolute atomic E-state index is 0.0907. The van der Waals surface area contributed by atoms with Crippen molar-refractivity contribution in [2.75, 3.05) is 26.2 Å². The monoisotopic (exact) mass is 318 g/mol. The lowest BCUT2D eigenvalue weighted by Crippen LogP contribution is -2.39. The number of aliphatic hydroxyl groups is 1. The van der Waals surface area contributed by atoms with Crippen molar-refractivity contribution >= 4 is 5.91 Å². The minimum atomic E-state index is -1.12. The van der Waals surface area contributed by atoms with E-state index in [-0.39, 0.29) is 12.3 Å². The number of carbonyl (C=O) groups is 1. The summed E-state index contributed by atoms with van der Waals surface area (Å²) in [5, 5.41) is 13.5. The molecule has 2 atom stereocenters. The zero-order chi connectivity index (χ0) is 16.7. The lowest BCUT2D eigenvalue weighted by molar-refractivity contribution is -0.126. The Balaban J connectivity index is 1.73. The number of piperidine rings is 1. The normalized spacial score (nSPS) is 19.8. The molecule has 0 bridgehead atoms. The fourth-order valence-corrected chi connectivity index (χ4v) is 3.21. The van der Waals surface area contributed by atoms with E-state index in [4.69, 9.17) is 0 Å². The van der Waals surface area contributed by atoms with Crippen LogP contribution in [0.15, 0.2) is 30.3 Å². The van der Waals surface area contributed by atoms with E-state index >= 15 is 0 Å². The molecule has 4 nitrogen and oxygen atoms in total. The van der Waals surface area contributed by atoms with Crippen molar-refractivity contribution in [3.05, 3.63) is 35.9 Å². The highest BCUT2D eigenvalue weighted by Crippen LogP contribution is 2.23. The molecule has 2 rings (SSSR count). The second kappa shape index (κ2) is 8.46. The van der Waals surface area contributed by atoms with Crippen LogP contribution in [0.1, 0.15) is 45.1 Å². The molecule has 1 heterocycles. The van der Waals surface area contributed by atoms with Crippen molar-refractivity contribution in [3.63, 3.8) is 0 Å². The van der Waals surface area contributed by atoms with Gasteiger partial charge in [0.1, 0.15) is 0 Å². The molecule has 0 aromatic heterocycles. The number of amides is 1. The number of rotatable bonds is 7. The number of hydrogen-bond acceptors (Lipinski definition) is 3. The van der Waals surface area contributed by atoms with Gasteiger partial charge in [-0.15, -0.1) is 0 Å². The molecule has 0 saturated carbocycles. The van der Waals surface area contributed by atoms with E-state index in [1.807, 2.05) is 30.3 Å². The van der Waals surface area contributed by atoms with Crippen molar-refractivity contribution < 1.29 is 9.90 Å².